The van der Waals surface area contributed by atoms with E-state index in [1.54, 1.807) is 0 Å². The van der Waals surface area contributed by atoms with E-state index in [1.165, 1.54) is 43.4 Å². The maximum atomic E-state index is 4.91. The SMILES string of the molecule is c1ccc(N(c2ccccc2)c2ccc(-c3ccc4ccc5c(-c6ccc(-c7ccncc7)cn6)ccc6ccc3c4c65)cc2)cc1. The van der Waals surface area contributed by atoms with Crippen molar-refractivity contribution in [3.05, 3.63) is 176 Å². The van der Waals surface area contributed by atoms with Crippen LogP contribution in [0.1, 0.15) is 0 Å². The number of rotatable bonds is 6. The largest absolute Gasteiger partial charge is 0.311 e. The van der Waals surface area contributed by atoms with Crippen LogP contribution in [-0.4, -0.2) is 9.97 Å². The molecule has 47 heavy (non-hydrogen) atoms. The fourth-order valence-corrected chi connectivity index (χ4v) is 6.94. The normalized spacial score (nSPS) is 11.4. The molecule has 0 radical (unpaired) electrons. The number of pyridine rings is 2. The van der Waals surface area contributed by atoms with E-state index in [4.69, 9.17) is 4.98 Å². The van der Waals surface area contributed by atoms with Gasteiger partial charge in [0, 0.05) is 46.8 Å². The third-order valence-electron chi connectivity index (χ3n) is 9.18. The summed E-state index contributed by atoms with van der Waals surface area (Å²) >= 11 is 0. The predicted molar refractivity (Wildman–Crippen MR) is 197 cm³/mol. The quantitative estimate of drug-likeness (QED) is 0.178. The van der Waals surface area contributed by atoms with Gasteiger partial charge in [-0.15, -0.1) is 0 Å². The summed E-state index contributed by atoms with van der Waals surface area (Å²) in [7, 11) is 0. The standard InChI is InChI=1S/C44H29N3/c1-3-7-35(8-4-1)47(36-9-5-2-6-10-36)37-18-11-31(12-19-37)38-20-13-32-16-23-41-39(21-14-33-15-22-40(38)43(32)44(33)41)42-24-17-34(29-46-42)30-25-27-45-28-26-30/h1-29H. The molecule has 0 bridgehead atoms. The average Bonchev–Trinajstić information content (AvgIpc) is 3.15. The fourth-order valence-electron chi connectivity index (χ4n) is 6.94. The van der Waals surface area contributed by atoms with Gasteiger partial charge >= 0.3 is 0 Å². The molecule has 2 heterocycles. The van der Waals surface area contributed by atoms with E-state index >= 15 is 0 Å². The molecule has 3 heteroatoms. The second-order valence-corrected chi connectivity index (χ2v) is 11.9. The molecular formula is C44H29N3. The molecule has 0 saturated carbocycles. The molecule has 9 aromatic rings. The van der Waals surface area contributed by atoms with E-state index in [0.717, 1.165) is 39.4 Å². The second kappa shape index (κ2) is 11.2. The van der Waals surface area contributed by atoms with Crippen molar-refractivity contribution in [3.8, 4) is 33.5 Å². The molecule has 0 aliphatic rings. The van der Waals surface area contributed by atoms with Gasteiger partial charge < -0.3 is 4.90 Å². The molecular weight excluding hydrogens is 571 g/mol. The number of hydrogen-bond donors (Lipinski definition) is 0. The Hall–Kier alpha value is -6.32. The first-order chi connectivity index (χ1) is 23.3. The Morgan fingerprint density at radius 3 is 1.51 bits per heavy atom. The number of aromatic nitrogens is 2. The van der Waals surface area contributed by atoms with Crippen molar-refractivity contribution < 1.29 is 0 Å². The van der Waals surface area contributed by atoms with E-state index < -0.39 is 0 Å². The summed E-state index contributed by atoms with van der Waals surface area (Å²) in [6, 6.07) is 56.4. The molecule has 0 unspecified atom stereocenters. The van der Waals surface area contributed by atoms with E-state index in [1.807, 2.05) is 30.7 Å². The molecule has 0 fully saturated rings. The highest BCUT2D eigenvalue weighted by atomic mass is 15.1. The molecule has 0 amide bonds. The Morgan fingerprint density at radius 1 is 0.383 bits per heavy atom. The summed E-state index contributed by atoms with van der Waals surface area (Å²) in [6.45, 7) is 0. The highest BCUT2D eigenvalue weighted by molar-refractivity contribution is 6.27. The Labute approximate surface area is 273 Å². The first kappa shape index (κ1) is 27.0. The lowest BCUT2D eigenvalue weighted by atomic mass is 9.88. The van der Waals surface area contributed by atoms with Crippen LogP contribution in [0.4, 0.5) is 17.1 Å². The van der Waals surface area contributed by atoms with Crippen molar-refractivity contribution in [3.63, 3.8) is 0 Å². The molecule has 2 aromatic heterocycles. The summed E-state index contributed by atoms with van der Waals surface area (Å²) < 4.78 is 0. The average molecular weight is 600 g/mol. The van der Waals surface area contributed by atoms with Crippen LogP contribution in [-0.2, 0) is 0 Å². The number of hydrogen-bond acceptors (Lipinski definition) is 3. The summed E-state index contributed by atoms with van der Waals surface area (Å²) in [6.07, 6.45) is 5.59. The number of benzene rings is 7. The minimum atomic E-state index is 0.970. The van der Waals surface area contributed by atoms with Gasteiger partial charge in [0.25, 0.3) is 0 Å². The topological polar surface area (TPSA) is 29.0 Å². The van der Waals surface area contributed by atoms with Gasteiger partial charge in [-0.2, -0.15) is 0 Å². The minimum Gasteiger partial charge on any atom is -0.311 e. The number of para-hydroxylation sites is 2. The van der Waals surface area contributed by atoms with Gasteiger partial charge in [-0.25, -0.2) is 0 Å². The van der Waals surface area contributed by atoms with Gasteiger partial charge in [0.05, 0.1) is 5.69 Å². The molecule has 0 atom stereocenters. The lowest BCUT2D eigenvalue weighted by Gasteiger charge is -2.25. The summed E-state index contributed by atoms with van der Waals surface area (Å²) in [5.41, 5.74) is 10.1. The zero-order chi connectivity index (χ0) is 31.2. The van der Waals surface area contributed by atoms with Crippen LogP contribution in [0.25, 0.3) is 65.8 Å². The molecule has 0 N–H and O–H groups in total. The van der Waals surface area contributed by atoms with Gasteiger partial charge in [0.2, 0.25) is 0 Å². The van der Waals surface area contributed by atoms with Crippen molar-refractivity contribution in [1.29, 1.82) is 0 Å². The molecule has 0 saturated heterocycles. The van der Waals surface area contributed by atoms with Gasteiger partial charge in [0.1, 0.15) is 0 Å². The van der Waals surface area contributed by atoms with Gasteiger partial charge in [-0.05, 0) is 104 Å². The van der Waals surface area contributed by atoms with Crippen LogP contribution >= 0.6 is 0 Å². The Balaban J connectivity index is 1.14. The van der Waals surface area contributed by atoms with Crippen LogP contribution < -0.4 is 4.90 Å². The van der Waals surface area contributed by atoms with Crippen molar-refractivity contribution in [2.45, 2.75) is 0 Å². The van der Waals surface area contributed by atoms with Crippen molar-refractivity contribution in [2.24, 2.45) is 0 Å². The monoisotopic (exact) mass is 599 g/mol. The second-order valence-electron chi connectivity index (χ2n) is 11.9. The van der Waals surface area contributed by atoms with Crippen molar-refractivity contribution >= 4 is 49.4 Å². The Bertz CT molecular complexity index is 2430. The van der Waals surface area contributed by atoms with Crippen LogP contribution in [0.15, 0.2) is 176 Å². The van der Waals surface area contributed by atoms with Crippen LogP contribution in [0, 0.1) is 0 Å². The molecule has 7 aromatic carbocycles. The molecule has 0 aliphatic heterocycles. The summed E-state index contributed by atoms with van der Waals surface area (Å²) in [5, 5.41) is 7.55. The van der Waals surface area contributed by atoms with E-state index in [9.17, 15) is 0 Å². The van der Waals surface area contributed by atoms with Gasteiger partial charge in [0.15, 0.2) is 0 Å². The van der Waals surface area contributed by atoms with Crippen LogP contribution in [0.2, 0.25) is 0 Å². The third-order valence-corrected chi connectivity index (χ3v) is 9.18. The third kappa shape index (κ3) is 4.68. The van der Waals surface area contributed by atoms with Crippen LogP contribution in [0.3, 0.4) is 0 Å². The molecule has 3 nitrogen and oxygen atoms in total. The Kier molecular flexibility index (Phi) is 6.46. The lowest BCUT2D eigenvalue weighted by molar-refractivity contribution is 1.28. The number of nitrogens with zero attached hydrogens (tertiary/aromatic N) is 3. The van der Waals surface area contributed by atoms with Crippen molar-refractivity contribution in [1.82, 2.24) is 9.97 Å². The van der Waals surface area contributed by atoms with Gasteiger partial charge in [-0.3, -0.25) is 9.97 Å². The summed E-state index contributed by atoms with van der Waals surface area (Å²) in [5.74, 6) is 0. The molecule has 0 spiro atoms. The first-order valence-corrected chi connectivity index (χ1v) is 15.9. The fraction of sp³-hybridized carbons (Fsp3) is 0. The molecule has 0 aliphatic carbocycles. The molecule has 9 rings (SSSR count). The summed E-state index contributed by atoms with van der Waals surface area (Å²) in [4.78, 5) is 11.4. The van der Waals surface area contributed by atoms with E-state index in [-0.39, 0.29) is 0 Å². The Morgan fingerprint density at radius 2 is 0.915 bits per heavy atom. The molecule has 220 valence electrons. The maximum Gasteiger partial charge on any atom is 0.0708 e. The highest BCUT2D eigenvalue weighted by Gasteiger charge is 2.17. The smallest absolute Gasteiger partial charge is 0.0708 e. The minimum absolute atomic E-state index is 0.970. The lowest BCUT2D eigenvalue weighted by Crippen LogP contribution is -2.09. The zero-order valence-electron chi connectivity index (χ0n) is 25.6. The van der Waals surface area contributed by atoms with Gasteiger partial charge in [-0.1, -0.05) is 103 Å². The van der Waals surface area contributed by atoms with Crippen molar-refractivity contribution in [2.75, 3.05) is 4.90 Å². The highest BCUT2D eigenvalue weighted by Crippen LogP contribution is 2.43. The van der Waals surface area contributed by atoms with E-state index in [0.29, 0.717) is 0 Å². The zero-order valence-corrected chi connectivity index (χ0v) is 25.6. The maximum absolute atomic E-state index is 4.91. The van der Waals surface area contributed by atoms with Crippen LogP contribution in [0.5, 0.6) is 0 Å². The number of anilines is 3. The predicted octanol–water partition coefficient (Wildman–Crippen LogP) is 11.8. The first-order valence-electron chi connectivity index (χ1n) is 15.9. The van der Waals surface area contributed by atoms with E-state index in [2.05, 4.69) is 155 Å².